The van der Waals surface area contributed by atoms with Crippen molar-refractivity contribution in [2.75, 3.05) is 13.2 Å². The van der Waals surface area contributed by atoms with Crippen LogP contribution in [0.2, 0.25) is 0 Å². The minimum absolute atomic E-state index is 0.187. The third kappa shape index (κ3) is 6.58. The summed E-state index contributed by atoms with van der Waals surface area (Å²) in [6.07, 6.45) is -2.80. The van der Waals surface area contributed by atoms with E-state index in [0.717, 1.165) is 4.57 Å². The highest BCUT2D eigenvalue weighted by Gasteiger charge is 2.38. The van der Waals surface area contributed by atoms with Crippen molar-refractivity contribution < 1.29 is 32.6 Å². The van der Waals surface area contributed by atoms with Gasteiger partial charge in [0.25, 0.3) is 5.56 Å². The highest BCUT2D eigenvalue weighted by Crippen LogP contribution is 2.39. The third-order valence-electron chi connectivity index (χ3n) is 4.05. The maximum Gasteiger partial charge on any atom is 0.403 e. The molecule has 0 bridgehead atoms. The molecule has 4 atom stereocenters. The smallest absolute Gasteiger partial charge is 0.403 e. The lowest BCUT2D eigenvalue weighted by Gasteiger charge is -2.18. The van der Waals surface area contributed by atoms with Crippen molar-refractivity contribution in [2.24, 2.45) is 0 Å². The Balaban J connectivity index is 1.95. The van der Waals surface area contributed by atoms with Crippen molar-refractivity contribution in [3.63, 3.8) is 0 Å². The predicted molar refractivity (Wildman–Crippen MR) is 99.1 cm³/mol. The second-order valence-electron chi connectivity index (χ2n) is 6.76. The number of halogens is 1. The Bertz CT molecular complexity index is 886. The van der Waals surface area contributed by atoms with E-state index in [1.807, 2.05) is 5.09 Å². The van der Waals surface area contributed by atoms with E-state index in [1.165, 1.54) is 6.20 Å². The van der Waals surface area contributed by atoms with Gasteiger partial charge < -0.3 is 14.4 Å². The van der Waals surface area contributed by atoms with Crippen LogP contribution in [0.5, 0.6) is 0 Å². The van der Waals surface area contributed by atoms with Crippen molar-refractivity contribution in [2.45, 2.75) is 58.2 Å². The molecule has 1 aliphatic rings. The molecule has 0 spiro atoms. The van der Waals surface area contributed by atoms with Gasteiger partial charge in [0.1, 0.15) is 12.7 Å². The number of carbonyl (C=O) groups is 1. The van der Waals surface area contributed by atoms with Crippen LogP contribution >= 0.6 is 7.75 Å². The molecule has 13 heteroatoms. The lowest BCUT2D eigenvalue weighted by atomic mass is 10.2. The second-order valence-corrected chi connectivity index (χ2v) is 8.38. The number of aromatic nitrogens is 2. The first kappa shape index (κ1) is 23.4. The largest absolute Gasteiger partial charge is 0.462 e. The number of aryl methyl sites for hydroxylation is 1. The molecule has 1 fully saturated rings. The second kappa shape index (κ2) is 9.77. The Labute approximate surface area is 165 Å². The van der Waals surface area contributed by atoms with E-state index < -0.39 is 56.6 Å². The molecule has 0 saturated carbocycles. The summed E-state index contributed by atoms with van der Waals surface area (Å²) in [5, 5.41) is 2.04. The van der Waals surface area contributed by atoms with Crippen molar-refractivity contribution in [3.05, 3.63) is 32.6 Å². The van der Waals surface area contributed by atoms with E-state index in [0.29, 0.717) is 6.42 Å². The number of esters is 1. The van der Waals surface area contributed by atoms with Crippen LogP contribution in [-0.4, -0.2) is 51.9 Å². The van der Waals surface area contributed by atoms with E-state index in [-0.39, 0.29) is 18.1 Å². The van der Waals surface area contributed by atoms with E-state index >= 15 is 0 Å². The third-order valence-corrected chi connectivity index (χ3v) is 5.11. The van der Waals surface area contributed by atoms with Crippen molar-refractivity contribution in [3.8, 4) is 0 Å². The molecule has 0 radical (unpaired) electrons. The molecular weight excluding hydrogens is 412 g/mol. The topological polar surface area (TPSA) is 149 Å². The zero-order chi connectivity index (χ0) is 21.8. The van der Waals surface area contributed by atoms with Gasteiger partial charge in [-0.05, 0) is 20.3 Å². The van der Waals surface area contributed by atoms with E-state index in [4.69, 9.17) is 14.0 Å². The molecule has 1 aliphatic heterocycles. The Hall–Kier alpha value is -1.85. The standard InChI is InChI=1S/C16H25FN3O8P/c1-4-10-7-20(16(23)19-14(10)22)15-12(17)5-11(28-15)8-26-29(24,25)18-6-13(21)27-9(2)3/h7,9,11-12,15H,4-6,8H2,1-3H3,(H2,18,24,25)(H,19,22,23). The average Bonchev–Trinajstić information content (AvgIpc) is 2.99. The van der Waals surface area contributed by atoms with Crippen molar-refractivity contribution >= 4 is 13.7 Å². The monoisotopic (exact) mass is 437 g/mol. The van der Waals surface area contributed by atoms with Crippen LogP contribution < -0.4 is 16.3 Å². The molecule has 0 amide bonds. The predicted octanol–water partition coefficient (Wildman–Crippen LogP) is 0.383. The zero-order valence-corrected chi connectivity index (χ0v) is 17.2. The van der Waals surface area contributed by atoms with Crippen LogP contribution in [-0.2, 0) is 29.8 Å². The number of nitrogens with one attached hydrogen (secondary N) is 2. The highest BCUT2D eigenvalue weighted by molar-refractivity contribution is 7.50. The van der Waals surface area contributed by atoms with Crippen LogP contribution in [0.1, 0.15) is 39.0 Å². The average molecular weight is 437 g/mol. The Kier molecular flexibility index (Phi) is 7.89. The fourth-order valence-electron chi connectivity index (χ4n) is 2.72. The first-order chi connectivity index (χ1) is 13.5. The van der Waals surface area contributed by atoms with Gasteiger partial charge in [-0.2, -0.15) is 0 Å². The number of nitrogens with zero attached hydrogens (tertiary/aromatic N) is 1. The van der Waals surface area contributed by atoms with Gasteiger partial charge in [0, 0.05) is 18.2 Å². The molecule has 0 aromatic carbocycles. The van der Waals surface area contributed by atoms with Gasteiger partial charge in [-0.1, -0.05) is 6.92 Å². The zero-order valence-electron chi connectivity index (χ0n) is 16.3. The molecule has 2 rings (SSSR count). The van der Waals surface area contributed by atoms with Gasteiger partial charge in [0.05, 0.1) is 18.8 Å². The van der Waals surface area contributed by atoms with Gasteiger partial charge in [-0.3, -0.25) is 23.7 Å². The summed E-state index contributed by atoms with van der Waals surface area (Å²) < 4.78 is 42.4. The number of alkyl halides is 1. The first-order valence-electron chi connectivity index (χ1n) is 9.08. The number of H-pyrrole nitrogens is 1. The number of ether oxygens (including phenoxy) is 2. The molecule has 1 aromatic rings. The maximum atomic E-state index is 14.4. The SMILES string of the molecule is CCc1cn(C2OC(COP(=O)(O)NCC(=O)OC(C)C)CC2F)c(=O)[nH]c1=O. The summed E-state index contributed by atoms with van der Waals surface area (Å²) >= 11 is 0. The van der Waals surface area contributed by atoms with Gasteiger partial charge in [-0.25, -0.2) is 18.8 Å². The molecule has 1 saturated heterocycles. The van der Waals surface area contributed by atoms with Crippen LogP contribution in [0.3, 0.4) is 0 Å². The van der Waals surface area contributed by atoms with Gasteiger partial charge >= 0.3 is 19.4 Å². The minimum Gasteiger partial charge on any atom is -0.462 e. The summed E-state index contributed by atoms with van der Waals surface area (Å²) in [7, 11) is -4.35. The first-order valence-corrected chi connectivity index (χ1v) is 10.7. The Morgan fingerprint density at radius 2 is 2.21 bits per heavy atom. The fourth-order valence-corrected chi connectivity index (χ4v) is 3.51. The van der Waals surface area contributed by atoms with Gasteiger partial charge in [-0.15, -0.1) is 0 Å². The normalized spacial score (nSPS) is 23.9. The summed E-state index contributed by atoms with van der Waals surface area (Å²) in [5.74, 6) is -0.733. The molecule has 29 heavy (non-hydrogen) atoms. The van der Waals surface area contributed by atoms with Gasteiger partial charge in [0.15, 0.2) is 6.23 Å². The molecule has 2 heterocycles. The van der Waals surface area contributed by atoms with Crippen LogP contribution in [0.15, 0.2) is 15.8 Å². The molecule has 3 N–H and O–H groups in total. The molecule has 0 aliphatic carbocycles. The van der Waals surface area contributed by atoms with Crippen LogP contribution in [0.25, 0.3) is 0 Å². The lowest BCUT2D eigenvalue weighted by Crippen LogP contribution is -2.36. The Morgan fingerprint density at radius 1 is 1.52 bits per heavy atom. The molecule has 11 nitrogen and oxygen atoms in total. The molecule has 1 aromatic heterocycles. The van der Waals surface area contributed by atoms with E-state index in [2.05, 4.69) is 4.98 Å². The van der Waals surface area contributed by atoms with E-state index in [9.17, 15) is 28.2 Å². The summed E-state index contributed by atoms with van der Waals surface area (Å²) in [5.41, 5.74) is -1.08. The summed E-state index contributed by atoms with van der Waals surface area (Å²) in [6, 6.07) is 0. The molecule has 4 unspecified atom stereocenters. The quantitative estimate of drug-likeness (QED) is 0.368. The number of rotatable bonds is 9. The summed E-state index contributed by atoms with van der Waals surface area (Å²) in [6.45, 7) is 3.98. The molecule has 164 valence electrons. The lowest BCUT2D eigenvalue weighted by molar-refractivity contribution is -0.146. The molecular formula is C16H25FN3O8P. The van der Waals surface area contributed by atoms with Crippen LogP contribution in [0.4, 0.5) is 4.39 Å². The number of carbonyl (C=O) groups excluding carboxylic acids is 1. The van der Waals surface area contributed by atoms with Gasteiger partial charge in [0.2, 0.25) is 0 Å². The maximum absolute atomic E-state index is 14.4. The van der Waals surface area contributed by atoms with Crippen molar-refractivity contribution in [1.29, 1.82) is 0 Å². The highest BCUT2D eigenvalue weighted by atomic mass is 31.2. The summed E-state index contributed by atoms with van der Waals surface area (Å²) in [4.78, 5) is 46.9. The number of hydrogen-bond acceptors (Lipinski definition) is 7. The number of aromatic amines is 1. The number of hydrogen-bond donors (Lipinski definition) is 3. The van der Waals surface area contributed by atoms with E-state index in [1.54, 1.807) is 20.8 Å². The van der Waals surface area contributed by atoms with Crippen molar-refractivity contribution in [1.82, 2.24) is 14.6 Å². The fraction of sp³-hybridized carbons (Fsp3) is 0.688. The minimum atomic E-state index is -4.35. The Morgan fingerprint density at radius 3 is 2.83 bits per heavy atom. The van der Waals surface area contributed by atoms with Crippen LogP contribution in [0, 0.1) is 0 Å².